The van der Waals surface area contributed by atoms with Gasteiger partial charge >= 0.3 is 0 Å². The fourth-order valence-electron chi connectivity index (χ4n) is 0.615. The zero-order valence-electron chi connectivity index (χ0n) is 5.32. The van der Waals surface area contributed by atoms with Gasteiger partial charge in [-0.1, -0.05) is 18.5 Å². The van der Waals surface area contributed by atoms with Crippen LogP contribution in [0, 0.1) is 5.41 Å². The van der Waals surface area contributed by atoms with Crippen molar-refractivity contribution in [2.75, 3.05) is 6.07 Å². The van der Waals surface area contributed by atoms with E-state index >= 15 is 0 Å². The summed E-state index contributed by atoms with van der Waals surface area (Å²) in [6.45, 7) is 2.10. The third-order valence-corrected chi connectivity index (χ3v) is 2.40. The SMILES string of the molecule is CC1(C(=S)OCCl)CC1. The maximum atomic E-state index is 5.32. The van der Waals surface area contributed by atoms with E-state index in [2.05, 4.69) is 6.92 Å². The van der Waals surface area contributed by atoms with Crippen LogP contribution in [-0.2, 0) is 4.74 Å². The Hall–Kier alpha value is 0.180. The molecule has 9 heavy (non-hydrogen) atoms. The lowest BCUT2D eigenvalue weighted by molar-refractivity contribution is 0.354. The van der Waals surface area contributed by atoms with E-state index in [9.17, 15) is 0 Å². The highest BCUT2D eigenvalue weighted by molar-refractivity contribution is 7.80. The number of hydrogen-bond donors (Lipinski definition) is 0. The lowest BCUT2D eigenvalue weighted by atomic mass is 10.2. The van der Waals surface area contributed by atoms with Gasteiger partial charge in [0, 0.05) is 5.41 Å². The summed E-state index contributed by atoms with van der Waals surface area (Å²) in [6.07, 6.45) is 2.31. The first-order valence-electron chi connectivity index (χ1n) is 2.92. The molecule has 0 heterocycles. The van der Waals surface area contributed by atoms with Gasteiger partial charge in [-0.25, -0.2) is 0 Å². The van der Waals surface area contributed by atoms with Gasteiger partial charge < -0.3 is 4.74 Å². The highest BCUT2D eigenvalue weighted by Gasteiger charge is 2.43. The molecule has 3 heteroatoms. The van der Waals surface area contributed by atoms with Crippen molar-refractivity contribution < 1.29 is 4.74 Å². The first-order valence-corrected chi connectivity index (χ1v) is 3.86. The molecule has 0 N–H and O–H groups in total. The fourth-order valence-corrected chi connectivity index (χ4v) is 1.05. The molecule has 0 amide bonds. The minimum absolute atomic E-state index is 0.185. The Labute approximate surface area is 65.3 Å². The van der Waals surface area contributed by atoms with Crippen molar-refractivity contribution in [2.45, 2.75) is 19.8 Å². The molecule has 0 aromatic rings. The third-order valence-electron chi connectivity index (χ3n) is 1.68. The van der Waals surface area contributed by atoms with Crippen LogP contribution in [0.2, 0.25) is 0 Å². The van der Waals surface area contributed by atoms with Crippen molar-refractivity contribution in [1.29, 1.82) is 0 Å². The molecule has 0 radical (unpaired) electrons. The maximum absolute atomic E-state index is 5.32. The van der Waals surface area contributed by atoms with Gasteiger partial charge in [0.1, 0.15) is 0 Å². The molecule has 0 aromatic carbocycles. The van der Waals surface area contributed by atoms with Gasteiger partial charge in [0.15, 0.2) is 11.1 Å². The van der Waals surface area contributed by atoms with E-state index in [1.807, 2.05) is 0 Å². The highest BCUT2D eigenvalue weighted by atomic mass is 35.5. The van der Waals surface area contributed by atoms with Gasteiger partial charge in [-0.2, -0.15) is 0 Å². The van der Waals surface area contributed by atoms with Crippen molar-refractivity contribution in [1.82, 2.24) is 0 Å². The average Bonchev–Trinajstić information content (AvgIpc) is 2.50. The van der Waals surface area contributed by atoms with Gasteiger partial charge in [0.25, 0.3) is 0 Å². The van der Waals surface area contributed by atoms with Crippen LogP contribution in [0.4, 0.5) is 0 Å². The van der Waals surface area contributed by atoms with Gasteiger partial charge in [-0.15, -0.1) is 0 Å². The second kappa shape index (κ2) is 2.43. The normalized spacial score (nSPS) is 21.1. The van der Waals surface area contributed by atoms with Crippen LogP contribution >= 0.6 is 23.8 Å². The molecular formula is C6H9ClOS. The van der Waals surface area contributed by atoms with Crippen molar-refractivity contribution in [3.63, 3.8) is 0 Å². The van der Waals surface area contributed by atoms with E-state index in [0.717, 1.165) is 12.8 Å². The number of thiocarbonyl (C=S) groups is 1. The van der Waals surface area contributed by atoms with Crippen LogP contribution in [0.1, 0.15) is 19.8 Å². The molecule has 0 atom stereocenters. The number of ether oxygens (including phenoxy) is 1. The van der Waals surface area contributed by atoms with E-state index < -0.39 is 0 Å². The summed E-state index contributed by atoms with van der Waals surface area (Å²) in [4.78, 5) is 0. The fraction of sp³-hybridized carbons (Fsp3) is 0.833. The van der Waals surface area contributed by atoms with Crippen molar-refractivity contribution in [3.8, 4) is 0 Å². The van der Waals surface area contributed by atoms with Crippen LogP contribution in [0.25, 0.3) is 0 Å². The molecule has 0 aliphatic heterocycles. The third kappa shape index (κ3) is 1.55. The topological polar surface area (TPSA) is 9.23 Å². The summed E-state index contributed by atoms with van der Waals surface area (Å²) in [5, 5.41) is 0.678. The Morgan fingerprint density at radius 2 is 2.33 bits per heavy atom. The second-order valence-corrected chi connectivity index (χ2v) is 3.19. The summed E-state index contributed by atoms with van der Waals surface area (Å²) < 4.78 is 4.97. The first kappa shape index (κ1) is 7.29. The number of rotatable bonds is 2. The predicted octanol–water partition coefficient (Wildman–Crippen LogP) is 2.33. The summed E-state index contributed by atoms with van der Waals surface area (Å²) in [5.41, 5.74) is 0.185. The molecule has 0 bridgehead atoms. The van der Waals surface area contributed by atoms with Crippen LogP contribution < -0.4 is 0 Å². The van der Waals surface area contributed by atoms with E-state index in [0.29, 0.717) is 5.05 Å². The minimum atomic E-state index is 0.185. The lowest BCUT2D eigenvalue weighted by Crippen LogP contribution is -2.11. The van der Waals surface area contributed by atoms with Crippen LogP contribution in [0.15, 0.2) is 0 Å². The smallest absolute Gasteiger partial charge is 0.167 e. The summed E-state index contributed by atoms with van der Waals surface area (Å²) >= 11 is 10.3. The minimum Gasteiger partial charge on any atom is -0.471 e. The molecule has 1 rings (SSSR count). The Morgan fingerprint density at radius 1 is 1.78 bits per heavy atom. The Morgan fingerprint density at radius 3 is 2.67 bits per heavy atom. The number of alkyl halides is 1. The molecule has 0 saturated heterocycles. The van der Waals surface area contributed by atoms with Crippen molar-refractivity contribution >= 4 is 28.9 Å². The van der Waals surface area contributed by atoms with E-state index in [1.165, 1.54) is 0 Å². The number of hydrogen-bond acceptors (Lipinski definition) is 2. The van der Waals surface area contributed by atoms with Gasteiger partial charge in [0.2, 0.25) is 0 Å². The van der Waals surface area contributed by atoms with Gasteiger partial charge in [0.05, 0.1) is 0 Å². The molecule has 1 nitrogen and oxygen atoms in total. The molecule has 52 valence electrons. The molecular weight excluding hydrogens is 156 g/mol. The Kier molecular flexibility index (Phi) is 1.97. The molecule has 0 aromatic heterocycles. The van der Waals surface area contributed by atoms with Crippen LogP contribution in [-0.4, -0.2) is 11.1 Å². The first-order chi connectivity index (χ1) is 4.19. The quantitative estimate of drug-likeness (QED) is 0.458. The second-order valence-electron chi connectivity index (χ2n) is 2.60. The Bertz CT molecular complexity index is 131. The van der Waals surface area contributed by atoms with Crippen molar-refractivity contribution in [2.24, 2.45) is 5.41 Å². The lowest BCUT2D eigenvalue weighted by Gasteiger charge is -2.08. The molecule has 1 aliphatic rings. The molecule has 1 saturated carbocycles. The van der Waals surface area contributed by atoms with Crippen LogP contribution in [0.5, 0.6) is 0 Å². The van der Waals surface area contributed by atoms with Crippen LogP contribution in [0.3, 0.4) is 0 Å². The Balaban J connectivity index is 2.34. The van der Waals surface area contributed by atoms with Gasteiger partial charge in [-0.3, -0.25) is 0 Å². The molecule has 0 spiro atoms. The zero-order chi connectivity index (χ0) is 6.91. The van der Waals surface area contributed by atoms with E-state index in [4.69, 9.17) is 28.6 Å². The highest BCUT2D eigenvalue weighted by Crippen LogP contribution is 2.46. The monoisotopic (exact) mass is 164 g/mol. The van der Waals surface area contributed by atoms with E-state index in [-0.39, 0.29) is 11.5 Å². The van der Waals surface area contributed by atoms with Gasteiger partial charge in [-0.05, 0) is 25.1 Å². The summed E-state index contributed by atoms with van der Waals surface area (Å²) in [5.74, 6) is 0. The summed E-state index contributed by atoms with van der Waals surface area (Å²) in [7, 11) is 0. The standard InChI is InChI=1S/C6H9ClOS/c1-6(2-3-6)5(9)8-4-7/h2-4H2,1H3. The predicted molar refractivity (Wildman–Crippen MR) is 41.7 cm³/mol. The van der Waals surface area contributed by atoms with Crippen molar-refractivity contribution in [3.05, 3.63) is 0 Å². The summed E-state index contributed by atoms with van der Waals surface area (Å²) in [6, 6.07) is 0.189. The molecule has 1 aliphatic carbocycles. The van der Waals surface area contributed by atoms with E-state index in [1.54, 1.807) is 0 Å². The number of halogens is 1. The molecule has 0 unspecified atom stereocenters. The largest absolute Gasteiger partial charge is 0.471 e. The average molecular weight is 165 g/mol. The zero-order valence-corrected chi connectivity index (χ0v) is 6.89. The maximum Gasteiger partial charge on any atom is 0.167 e. The molecule has 1 fully saturated rings.